The summed E-state index contributed by atoms with van der Waals surface area (Å²) in [6.07, 6.45) is 2.42. The Balaban J connectivity index is 1.64. The number of amides is 2. The Hall–Kier alpha value is -1.41. The van der Waals surface area contributed by atoms with Crippen LogP contribution in [0.15, 0.2) is 0 Å². The fourth-order valence-electron chi connectivity index (χ4n) is 2.98. The van der Waals surface area contributed by atoms with Crippen molar-refractivity contribution in [3.8, 4) is 5.19 Å². The van der Waals surface area contributed by atoms with Crippen molar-refractivity contribution in [1.29, 1.82) is 0 Å². The lowest BCUT2D eigenvalue weighted by Crippen LogP contribution is -2.57. The zero-order valence-electron chi connectivity index (χ0n) is 11.7. The summed E-state index contributed by atoms with van der Waals surface area (Å²) in [6.45, 7) is 5.01. The highest BCUT2D eigenvalue weighted by atomic mass is 32.1. The number of nitrogens with zero attached hydrogens (tertiary/aromatic N) is 4. The highest BCUT2D eigenvalue weighted by Gasteiger charge is 2.36. The van der Waals surface area contributed by atoms with Crippen LogP contribution in [0.25, 0.3) is 0 Å². The molecule has 2 fully saturated rings. The van der Waals surface area contributed by atoms with Gasteiger partial charge in [-0.05, 0) is 37.6 Å². The van der Waals surface area contributed by atoms with E-state index in [4.69, 9.17) is 4.74 Å². The largest absolute Gasteiger partial charge is 0.472 e. The normalized spacial score (nSPS) is 26.4. The topological polar surface area (TPSA) is 70.6 Å². The summed E-state index contributed by atoms with van der Waals surface area (Å²) in [5.41, 5.74) is 0. The second-order valence-corrected chi connectivity index (χ2v) is 6.24. The number of nitrogens with one attached hydrogen (secondary N) is 1. The van der Waals surface area contributed by atoms with E-state index in [2.05, 4.69) is 27.3 Å². The molecular weight excluding hydrogens is 278 g/mol. The Kier molecular flexibility index (Phi) is 3.75. The van der Waals surface area contributed by atoms with Gasteiger partial charge in [0.05, 0.1) is 7.11 Å². The van der Waals surface area contributed by atoms with Crippen molar-refractivity contribution in [1.82, 2.24) is 20.0 Å². The van der Waals surface area contributed by atoms with Gasteiger partial charge in [-0.15, -0.1) is 5.10 Å². The highest BCUT2D eigenvalue weighted by Crippen LogP contribution is 2.26. The lowest BCUT2D eigenvalue weighted by Gasteiger charge is -2.41. The summed E-state index contributed by atoms with van der Waals surface area (Å²) in [5.74, 6) is 0. The van der Waals surface area contributed by atoms with Crippen molar-refractivity contribution in [2.75, 3.05) is 32.1 Å². The number of ether oxygens (including phenoxy) is 1. The Bertz CT molecular complexity index is 494. The van der Waals surface area contributed by atoms with Crippen LogP contribution >= 0.6 is 11.3 Å². The zero-order chi connectivity index (χ0) is 14.1. The molecule has 0 bridgehead atoms. The summed E-state index contributed by atoms with van der Waals surface area (Å²) in [6, 6.07) is 0.642. The molecule has 1 aromatic rings. The minimum atomic E-state index is -0.0946. The van der Waals surface area contributed by atoms with Gasteiger partial charge in [0, 0.05) is 25.2 Å². The fourth-order valence-corrected chi connectivity index (χ4v) is 3.53. The highest BCUT2D eigenvalue weighted by molar-refractivity contribution is 7.17. The van der Waals surface area contributed by atoms with E-state index >= 15 is 0 Å². The van der Waals surface area contributed by atoms with E-state index in [9.17, 15) is 4.79 Å². The second-order valence-electron chi connectivity index (χ2n) is 5.30. The molecule has 3 rings (SSSR count). The molecule has 0 aliphatic carbocycles. The third-order valence-corrected chi connectivity index (χ3v) is 4.79. The van der Waals surface area contributed by atoms with Crippen LogP contribution in [0.5, 0.6) is 5.19 Å². The van der Waals surface area contributed by atoms with Gasteiger partial charge in [-0.1, -0.05) is 5.10 Å². The molecule has 7 nitrogen and oxygen atoms in total. The van der Waals surface area contributed by atoms with Crippen molar-refractivity contribution >= 4 is 22.5 Å². The van der Waals surface area contributed by atoms with Gasteiger partial charge in [0.15, 0.2) is 0 Å². The molecular formula is C12H19N5O2S. The van der Waals surface area contributed by atoms with Crippen LogP contribution in [0.2, 0.25) is 0 Å². The first kappa shape index (κ1) is 13.6. The lowest BCUT2D eigenvalue weighted by molar-refractivity contribution is 0.0861. The van der Waals surface area contributed by atoms with Crippen LogP contribution in [-0.2, 0) is 0 Å². The second kappa shape index (κ2) is 5.53. The van der Waals surface area contributed by atoms with E-state index in [-0.39, 0.29) is 12.1 Å². The summed E-state index contributed by atoms with van der Waals surface area (Å²) >= 11 is 1.23. The standard InChI is InChI=1S/C12H19N5O2S/c1-8-6-16-5-3-4-9(16)7-17(8)11(18)13-10-14-15-12(19-2)20-10/h8-9H,3-7H2,1-2H3,(H,13,14,18)/t8-,9+/m1/s1. The summed E-state index contributed by atoms with van der Waals surface area (Å²) < 4.78 is 4.97. The van der Waals surface area contributed by atoms with Crippen LogP contribution in [0.3, 0.4) is 0 Å². The Morgan fingerprint density at radius 2 is 2.30 bits per heavy atom. The molecule has 0 unspecified atom stereocenters. The predicted molar refractivity (Wildman–Crippen MR) is 76.2 cm³/mol. The van der Waals surface area contributed by atoms with E-state index in [0.29, 0.717) is 16.4 Å². The van der Waals surface area contributed by atoms with Crippen LogP contribution in [-0.4, -0.2) is 64.9 Å². The zero-order valence-corrected chi connectivity index (χ0v) is 12.5. The number of urea groups is 1. The molecule has 1 N–H and O–H groups in total. The number of hydrogen-bond donors (Lipinski definition) is 1. The molecule has 2 saturated heterocycles. The maximum absolute atomic E-state index is 12.4. The van der Waals surface area contributed by atoms with Gasteiger partial charge in [0.2, 0.25) is 5.13 Å². The number of fused-ring (bicyclic) bond motifs is 1. The van der Waals surface area contributed by atoms with Gasteiger partial charge >= 0.3 is 6.03 Å². The van der Waals surface area contributed by atoms with Gasteiger partial charge in [-0.3, -0.25) is 10.2 Å². The molecule has 2 amide bonds. The molecule has 20 heavy (non-hydrogen) atoms. The van der Waals surface area contributed by atoms with E-state index in [1.807, 2.05) is 4.90 Å². The maximum Gasteiger partial charge on any atom is 0.324 e. The molecule has 8 heteroatoms. The van der Waals surface area contributed by atoms with Gasteiger partial charge < -0.3 is 9.64 Å². The molecule has 0 aromatic carbocycles. The van der Waals surface area contributed by atoms with Crippen molar-refractivity contribution < 1.29 is 9.53 Å². The molecule has 2 atom stereocenters. The van der Waals surface area contributed by atoms with E-state index in [0.717, 1.165) is 19.6 Å². The van der Waals surface area contributed by atoms with Gasteiger partial charge in [0.25, 0.3) is 5.19 Å². The first-order chi connectivity index (χ1) is 9.67. The van der Waals surface area contributed by atoms with Crippen molar-refractivity contribution in [3.05, 3.63) is 0 Å². The number of aromatic nitrogens is 2. The van der Waals surface area contributed by atoms with E-state index in [1.54, 1.807) is 0 Å². The molecule has 2 aliphatic rings. The quantitative estimate of drug-likeness (QED) is 0.889. The molecule has 3 heterocycles. The summed E-state index contributed by atoms with van der Waals surface area (Å²) in [4.78, 5) is 16.8. The minimum absolute atomic E-state index is 0.0946. The first-order valence-corrected chi connectivity index (χ1v) is 7.68. The van der Waals surface area contributed by atoms with Gasteiger partial charge in [-0.2, -0.15) is 0 Å². The minimum Gasteiger partial charge on any atom is -0.472 e. The lowest BCUT2D eigenvalue weighted by atomic mass is 10.1. The number of carbonyl (C=O) groups is 1. The third kappa shape index (κ3) is 2.57. The monoisotopic (exact) mass is 297 g/mol. The Labute approximate surface area is 121 Å². The van der Waals surface area contributed by atoms with E-state index < -0.39 is 0 Å². The third-order valence-electron chi connectivity index (χ3n) is 3.99. The van der Waals surface area contributed by atoms with E-state index in [1.165, 1.54) is 31.3 Å². The van der Waals surface area contributed by atoms with Gasteiger partial charge in [-0.25, -0.2) is 4.79 Å². The van der Waals surface area contributed by atoms with Crippen molar-refractivity contribution in [3.63, 3.8) is 0 Å². The molecule has 110 valence electrons. The maximum atomic E-state index is 12.4. The molecule has 0 radical (unpaired) electrons. The summed E-state index contributed by atoms with van der Waals surface area (Å²) in [5, 5.41) is 11.4. The molecule has 0 spiro atoms. The Morgan fingerprint density at radius 1 is 1.45 bits per heavy atom. The van der Waals surface area contributed by atoms with Crippen LogP contribution in [0.4, 0.5) is 9.93 Å². The number of piperazine rings is 1. The number of carbonyl (C=O) groups excluding carboxylic acids is 1. The van der Waals surface area contributed by atoms with Crippen molar-refractivity contribution in [2.24, 2.45) is 0 Å². The number of hydrogen-bond acceptors (Lipinski definition) is 6. The predicted octanol–water partition coefficient (Wildman–Crippen LogP) is 1.25. The van der Waals surface area contributed by atoms with Crippen LogP contribution < -0.4 is 10.1 Å². The van der Waals surface area contributed by atoms with Crippen LogP contribution in [0.1, 0.15) is 19.8 Å². The average molecular weight is 297 g/mol. The average Bonchev–Trinajstić information content (AvgIpc) is 3.05. The molecule has 2 aliphatic heterocycles. The summed E-state index contributed by atoms with van der Waals surface area (Å²) in [7, 11) is 1.54. The SMILES string of the molecule is COc1nnc(NC(=O)N2C[C@@H]3CCCN3C[C@H]2C)s1. The molecule has 0 saturated carbocycles. The smallest absolute Gasteiger partial charge is 0.324 e. The number of rotatable bonds is 2. The van der Waals surface area contributed by atoms with Gasteiger partial charge in [0.1, 0.15) is 0 Å². The Morgan fingerprint density at radius 3 is 3.05 bits per heavy atom. The number of anilines is 1. The van der Waals surface area contributed by atoms with Crippen LogP contribution in [0, 0.1) is 0 Å². The number of methoxy groups -OCH3 is 1. The fraction of sp³-hybridized carbons (Fsp3) is 0.750. The molecule has 1 aromatic heterocycles. The first-order valence-electron chi connectivity index (χ1n) is 6.86. The van der Waals surface area contributed by atoms with Crippen molar-refractivity contribution in [2.45, 2.75) is 31.8 Å².